The van der Waals surface area contributed by atoms with Gasteiger partial charge in [-0.05, 0) is 0 Å². The molecular weight excluding hydrogens is 116 g/mol. The van der Waals surface area contributed by atoms with E-state index in [0.717, 1.165) is 0 Å². The first kappa shape index (κ1) is 7.68. The number of guanidine groups is 1. The van der Waals surface area contributed by atoms with Crippen LogP contribution >= 0.6 is 0 Å². The molecule has 4 heteroatoms. The molecule has 0 radical (unpaired) electrons. The van der Waals surface area contributed by atoms with Gasteiger partial charge in [0.1, 0.15) is 0 Å². The Hall–Kier alpha value is -1.32. The normalized spacial score (nSPS) is 11.9. The molecule has 0 atom stereocenters. The van der Waals surface area contributed by atoms with Crippen molar-refractivity contribution in [2.45, 2.75) is 0 Å². The molecule has 50 valence electrons. The summed E-state index contributed by atoms with van der Waals surface area (Å²) in [6.45, 7) is 3.36. The van der Waals surface area contributed by atoms with Gasteiger partial charge < -0.3 is 11.1 Å². The molecule has 4 nitrogen and oxygen atoms in total. The summed E-state index contributed by atoms with van der Waals surface area (Å²) in [6, 6.07) is 0. The molecule has 0 aliphatic carbocycles. The van der Waals surface area contributed by atoms with Gasteiger partial charge in [0.2, 0.25) is 0 Å². The predicted molar refractivity (Wildman–Crippen MR) is 39.4 cm³/mol. The van der Waals surface area contributed by atoms with Crippen molar-refractivity contribution in [2.24, 2.45) is 15.7 Å². The van der Waals surface area contributed by atoms with E-state index < -0.39 is 0 Å². The van der Waals surface area contributed by atoms with Crippen LogP contribution in [0.3, 0.4) is 0 Å². The summed E-state index contributed by atoms with van der Waals surface area (Å²) in [5.74, 6) is 0.334. The van der Waals surface area contributed by atoms with E-state index in [1.807, 2.05) is 0 Å². The van der Waals surface area contributed by atoms with Crippen LogP contribution in [-0.4, -0.2) is 19.3 Å². The zero-order valence-electron chi connectivity index (χ0n) is 5.33. The Bertz CT molecular complexity index is 136. The topological polar surface area (TPSA) is 62.8 Å². The van der Waals surface area contributed by atoms with Crippen LogP contribution in [0.5, 0.6) is 0 Å². The maximum absolute atomic E-state index is 5.23. The standard InChI is InChI=1S/C5H10N4/c1-3-8-4-9-5(6)7-2/h3-4H,1H2,2H3,(H3,6,7,8,9). The summed E-state index contributed by atoms with van der Waals surface area (Å²) in [5, 5.41) is 2.60. The van der Waals surface area contributed by atoms with E-state index >= 15 is 0 Å². The molecule has 0 aromatic rings. The molecule has 0 unspecified atom stereocenters. The van der Waals surface area contributed by atoms with Crippen molar-refractivity contribution in [3.63, 3.8) is 0 Å². The fourth-order valence-electron chi connectivity index (χ4n) is 0.221. The highest BCUT2D eigenvalue weighted by molar-refractivity contribution is 5.88. The number of hydrogen-bond donors (Lipinski definition) is 2. The Morgan fingerprint density at radius 3 is 2.89 bits per heavy atom. The minimum atomic E-state index is 0.334. The monoisotopic (exact) mass is 126 g/mol. The van der Waals surface area contributed by atoms with Gasteiger partial charge in [0, 0.05) is 13.2 Å². The smallest absolute Gasteiger partial charge is 0.193 e. The highest BCUT2D eigenvalue weighted by Gasteiger charge is 1.77. The minimum absolute atomic E-state index is 0.334. The van der Waals surface area contributed by atoms with Crippen LogP contribution in [-0.2, 0) is 0 Å². The van der Waals surface area contributed by atoms with E-state index in [0.29, 0.717) is 5.96 Å². The van der Waals surface area contributed by atoms with Crippen molar-refractivity contribution in [1.29, 1.82) is 0 Å². The first-order chi connectivity index (χ1) is 4.31. The fraction of sp³-hybridized carbons (Fsp3) is 0.200. The first-order valence-electron chi connectivity index (χ1n) is 2.42. The molecule has 0 fully saturated rings. The van der Waals surface area contributed by atoms with Crippen molar-refractivity contribution in [1.82, 2.24) is 5.32 Å². The van der Waals surface area contributed by atoms with Crippen molar-refractivity contribution < 1.29 is 0 Å². The number of aliphatic imine (C=N–C) groups is 2. The summed E-state index contributed by atoms with van der Waals surface area (Å²) in [6.07, 6.45) is 2.81. The molecule has 0 aromatic carbocycles. The second-order valence-corrected chi connectivity index (χ2v) is 1.21. The van der Waals surface area contributed by atoms with E-state index in [1.165, 1.54) is 12.5 Å². The number of hydrogen-bond acceptors (Lipinski definition) is 2. The van der Waals surface area contributed by atoms with E-state index in [-0.39, 0.29) is 0 Å². The van der Waals surface area contributed by atoms with Crippen LogP contribution in [0.25, 0.3) is 0 Å². The van der Waals surface area contributed by atoms with Gasteiger partial charge in [-0.25, -0.2) is 4.99 Å². The van der Waals surface area contributed by atoms with E-state index in [1.54, 1.807) is 7.05 Å². The van der Waals surface area contributed by atoms with Crippen LogP contribution in [0.2, 0.25) is 0 Å². The van der Waals surface area contributed by atoms with Crippen LogP contribution in [0, 0.1) is 0 Å². The SMILES string of the molecule is C=CN=CNC(N)=NC. The molecular formula is C5H10N4. The molecule has 0 bridgehead atoms. The Kier molecular flexibility index (Phi) is 4.12. The Labute approximate surface area is 54.2 Å². The van der Waals surface area contributed by atoms with Crippen molar-refractivity contribution in [3.05, 3.63) is 12.8 Å². The summed E-state index contributed by atoms with van der Waals surface area (Å²) in [4.78, 5) is 7.24. The second kappa shape index (κ2) is 4.83. The quantitative estimate of drug-likeness (QED) is 0.394. The number of nitrogens with zero attached hydrogens (tertiary/aromatic N) is 2. The van der Waals surface area contributed by atoms with E-state index in [2.05, 4.69) is 21.9 Å². The lowest BCUT2D eigenvalue weighted by Crippen LogP contribution is -2.29. The van der Waals surface area contributed by atoms with Gasteiger partial charge >= 0.3 is 0 Å². The zero-order chi connectivity index (χ0) is 7.11. The zero-order valence-corrected chi connectivity index (χ0v) is 5.33. The largest absolute Gasteiger partial charge is 0.370 e. The Balaban J connectivity index is 3.50. The summed E-state index contributed by atoms with van der Waals surface area (Å²) in [5.41, 5.74) is 5.23. The van der Waals surface area contributed by atoms with Gasteiger partial charge in [0.25, 0.3) is 0 Å². The average molecular weight is 126 g/mol. The number of nitrogens with two attached hydrogens (primary N) is 1. The molecule has 0 saturated heterocycles. The highest BCUT2D eigenvalue weighted by Crippen LogP contribution is 1.60. The molecule has 0 heterocycles. The second-order valence-electron chi connectivity index (χ2n) is 1.21. The maximum atomic E-state index is 5.23. The lowest BCUT2D eigenvalue weighted by Gasteiger charge is -1.92. The van der Waals surface area contributed by atoms with Crippen molar-refractivity contribution in [2.75, 3.05) is 7.05 Å². The lowest BCUT2D eigenvalue weighted by atomic mass is 10.9. The van der Waals surface area contributed by atoms with Gasteiger partial charge in [-0.15, -0.1) is 0 Å². The van der Waals surface area contributed by atoms with Gasteiger partial charge in [0.05, 0.1) is 6.34 Å². The highest BCUT2D eigenvalue weighted by atomic mass is 15.1. The first-order valence-corrected chi connectivity index (χ1v) is 2.42. The van der Waals surface area contributed by atoms with Crippen molar-refractivity contribution in [3.8, 4) is 0 Å². The minimum Gasteiger partial charge on any atom is -0.370 e. The molecule has 3 N–H and O–H groups in total. The Morgan fingerprint density at radius 1 is 1.78 bits per heavy atom. The third-order valence-corrected chi connectivity index (χ3v) is 0.633. The van der Waals surface area contributed by atoms with Crippen LogP contribution in [0.4, 0.5) is 0 Å². The van der Waals surface area contributed by atoms with Gasteiger partial charge in [-0.1, -0.05) is 6.58 Å². The molecule has 9 heavy (non-hydrogen) atoms. The van der Waals surface area contributed by atoms with Crippen LogP contribution < -0.4 is 11.1 Å². The summed E-state index contributed by atoms with van der Waals surface area (Å²) < 4.78 is 0. The van der Waals surface area contributed by atoms with Gasteiger partial charge in [-0.3, -0.25) is 4.99 Å². The third kappa shape index (κ3) is 4.53. The van der Waals surface area contributed by atoms with E-state index in [4.69, 9.17) is 5.73 Å². The lowest BCUT2D eigenvalue weighted by molar-refractivity contribution is 1.26. The van der Waals surface area contributed by atoms with Gasteiger partial charge in [-0.2, -0.15) is 0 Å². The van der Waals surface area contributed by atoms with Crippen LogP contribution in [0.15, 0.2) is 22.8 Å². The number of nitrogens with one attached hydrogen (secondary N) is 1. The fourth-order valence-corrected chi connectivity index (χ4v) is 0.221. The van der Waals surface area contributed by atoms with Crippen molar-refractivity contribution >= 4 is 12.3 Å². The predicted octanol–water partition coefficient (Wildman–Crippen LogP) is -0.308. The number of rotatable bonds is 2. The molecule has 0 amide bonds. The van der Waals surface area contributed by atoms with Crippen LogP contribution in [0.1, 0.15) is 0 Å². The summed E-state index contributed by atoms with van der Waals surface area (Å²) in [7, 11) is 1.59. The van der Waals surface area contributed by atoms with Gasteiger partial charge in [0.15, 0.2) is 5.96 Å². The maximum Gasteiger partial charge on any atom is 0.193 e. The molecule has 0 aliphatic rings. The average Bonchev–Trinajstić information content (AvgIpc) is 1.89. The summed E-state index contributed by atoms with van der Waals surface area (Å²) >= 11 is 0. The molecule has 0 rings (SSSR count). The molecule has 0 aliphatic heterocycles. The Morgan fingerprint density at radius 2 is 2.44 bits per heavy atom. The van der Waals surface area contributed by atoms with E-state index in [9.17, 15) is 0 Å². The molecule has 0 aromatic heterocycles. The molecule has 0 spiro atoms. The molecule has 0 saturated carbocycles. The third-order valence-electron chi connectivity index (χ3n) is 0.633.